The first-order valence-corrected chi connectivity index (χ1v) is 8.17. The second-order valence-electron chi connectivity index (χ2n) is 6.01. The van der Waals surface area contributed by atoms with Gasteiger partial charge in [0.05, 0.1) is 6.20 Å². The molecule has 2 N–H and O–H groups in total. The van der Waals surface area contributed by atoms with Crippen LogP contribution in [0, 0.1) is 0 Å². The van der Waals surface area contributed by atoms with Gasteiger partial charge < -0.3 is 15.3 Å². The van der Waals surface area contributed by atoms with Crippen LogP contribution in [0.3, 0.4) is 0 Å². The Morgan fingerprint density at radius 3 is 2.64 bits per heavy atom. The lowest BCUT2D eigenvalue weighted by atomic mass is 10.1. The topological polar surface area (TPSA) is 87.5 Å². The summed E-state index contributed by atoms with van der Waals surface area (Å²) in [4.78, 5) is 29.5. The molecule has 0 amide bonds. The summed E-state index contributed by atoms with van der Waals surface area (Å²) in [6, 6.07) is 9.83. The van der Waals surface area contributed by atoms with Crippen molar-refractivity contribution >= 4 is 23.4 Å². The third kappa shape index (κ3) is 5.58. The molecule has 2 aromatic rings. The Morgan fingerprint density at radius 1 is 1.36 bits per heavy atom. The highest BCUT2D eigenvalue weighted by Gasteiger charge is 2.17. The van der Waals surface area contributed by atoms with Gasteiger partial charge in [0, 0.05) is 12.6 Å². The average Bonchev–Trinajstić information content (AvgIpc) is 2.54. The summed E-state index contributed by atoms with van der Waals surface area (Å²) in [6.07, 6.45) is 1.98. The maximum Gasteiger partial charge on any atom is 0.323 e. The molecular weight excluding hydrogens is 344 g/mol. The molecule has 0 aliphatic heterocycles. The minimum Gasteiger partial charge on any atom is -0.480 e. The van der Waals surface area contributed by atoms with Crippen LogP contribution in [0.25, 0.3) is 0 Å². The van der Waals surface area contributed by atoms with Crippen LogP contribution in [-0.2, 0) is 17.8 Å². The number of aliphatic carboxylic acids is 1. The molecule has 7 nitrogen and oxygen atoms in total. The number of carboxylic acids is 1. The molecule has 0 saturated carbocycles. The van der Waals surface area contributed by atoms with Crippen molar-refractivity contribution in [2.75, 3.05) is 26.0 Å². The van der Waals surface area contributed by atoms with Gasteiger partial charge in [0.1, 0.15) is 11.7 Å². The van der Waals surface area contributed by atoms with E-state index in [1.807, 2.05) is 49.3 Å². The molecular formula is C17H21ClN4O3. The largest absolute Gasteiger partial charge is 0.480 e. The first-order valence-electron chi connectivity index (χ1n) is 7.79. The zero-order valence-electron chi connectivity index (χ0n) is 14.1. The molecule has 1 aromatic heterocycles. The van der Waals surface area contributed by atoms with Crippen molar-refractivity contribution < 1.29 is 9.90 Å². The van der Waals surface area contributed by atoms with Gasteiger partial charge >= 0.3 is 5.97 Å². The minimum absolute atomic E-state index is 0.00910. The van der Waals surface area contributed by atoms with Gasteiger partial charge in [0.15, 0.2) is 5.82 Å². The number of benzene rings is 1. The summed E-state index contributed by atoms with van der Waals surface area (Å²) in [5.74, 6) is -1.05. The molecule has 0 unspecified atom stereocenters. The first-order chi connectivity index (χ1) is 11.9. The quantitative estimate of drug-likeness (QED) is 0.739. The number of halogens is 1. The lowest BCUT2D eigenvalue weighted by Crippen LogP contribution is -2.37. The van der Waals surface area contributed by atoms with E-state index in [-0.39, 0.29) is 17.0 Å². The molecule has 0 bridgehead atoms. The highest BCUT2D eigenvalue weighted by atomic mass is 35.5. The lowest BCUT2D eigenvalue weighted by molar-refractivity contribution is -0.137. The smallest absolute Gasteiger partial charge is 0.323 e. The van der Waals surface area contributed by atoms with Crippen molar-refractivity contribution in [3.05, 3.63) is 57.6 Å². The Labute approximate surface area is 150 Å². The third-order valence-corrected chi connectivity index (χ3v) is 3.85. The van der Waals surface area contributed by atoms with Crippen LogP contribution in [0.4, 0.5) is 5.82 Å². The normalized spacial score (nSPS) is 12.2. The summed E-state index contributed by atoms with van der Waals surface area (Å²) in [5, 5.41) is 12.1. The van der Waals surface area contributed by atoms with Gasteiger partial charge in [-0.25, -0.2) is 4.98 Å². The number of hydrogen-bond acceptors (Lipinski definition) is 5. The molecule has 0 saturated heterocycles. The average molecular weight is 365 g/mol. The molecule has 25 heavy (non-hydrogen) atoms. The van der Waals surface area contributed by atoms with Crippen LogP contribution in [-0.4, -0.2) is 52.2 Å². The maximum absolute atomic E-state index is 12.5. The molecule has 8 heteroatoms. The Morgan fingerprint density at radius 2 is 2.04 bits per heavy atom. The highest BCUT2D eigenvalue weighted by molar-refractivity contribution is 6.29. The second-order valence-corrected chi connectivity index (χ2v) is 6.40. The van der Waals surface area contributed by atoms with Crippen LogP contribution in [0.5, 0.6) is 0 Å². The molecule has 1 atom stereocenters. The summed E-state index contributed by atoms with van der Waals surface area (Å²) >= 11 is 5.90. The Hall–Kier alpha value is -2.38. The number of carbonyl (C=O) groups is 1. The lowest BCUT2D eigenvalue weighted by Gasteiger charge is -2.23. The van der Waals surface area contributed by atoms with Crippen LogP contribution in [0.1, 0.15) is 5.56 Å². The third-order valence-electron chi connectivity index (χ3n) is 3.55. The molecule has 0 aliphatic carbocycles. The van der Waals surface area contributed by atoms with E-state index in [1.165, 1.54) is 6.20 Å². The van der Waals surface area contributed by atoms with Crippen LogP contribution in [0.15, 0.2) is 41.3 Å². The van der Waals surface area contributed by atoms with E-state index in [9.17, 15) is 9.59 Å². The van der Waals surface area contributed by atoms with Crippen molar-refractivity contribution in [1.82, 2.24) is 14.5 Å². The number of anilines is 1. The molecule has 2 rings (SSSR count). The highest BCUT2D eigenvalue weighted by Crippen LogP contribution is 2.10. The second kappa shape index (κ2) is 8.64. The van der Waals surface area contributed by atoms with Gasteiger partial charge in [-0.05, 0) is 26.1 Å². The number of aromatic nitrogens is 2. The van der Waals surface area contributed by atoms with E-state index in [2.05, 4.69) is 10.3 Å². The monoisotopic (exact) mass is 364 g/mol. The SMILES string of the molecule is CN(C)C[C@H](Cc1ccccc1)Nc1ncc(Cl)n(CC(=O)O)c1=O. The van der Waals surface area contributed by atoms with Crippen molar-refractivity contribution in [3.63, 3.8) is 0 Å². The Bertz CT molecular complexity index is 777. The summed E-state index contributed by atoms with van der Waals surface area (Å²) in [5.41, 5.74) is 0.577. The number of hydrogen-bond donors (Lipinski definition) is 2. The first kappa shape index (κ1) is 19.0. The fraction of sp³-hybridized carbons (Fsp3) is 0.353. The number of nitrogens with one attached hydrogen (secondary N) is 1. The molecule has 0 aliphatic rings. The fourth-order valence-corrected chi connectivity index (χ4v) is 2.73. The number of likely N-dealkylation sites (N-methyl/N-ethyl adjacent to an activating group) is 1. The van der Waals surface area contributed by atoms with E-state index in [1.54, 1.807) is 0 Å². The zero-order chi connectivity index (χ0) is 18.4. The van der Waals surface area contributed by atoms with Gasteiger partial charge in [-0.2, -0.15) is 0 Å². The predicted octanol–water partition coefficient (Wildman–Crippen LogP) is 1.57. The Kier molecular flexibility index (Phi) is 6.55. The van der Waals surface area contributed by atoms with Gasteiger partial charge in [-0.3, -0.25) is 14.2 Å². The van der Waals surface area contributed by atoms with Crippen molar-refractivity contribution in [2.45, 2.75) is 19.0 Å². The standard InChI is InChI=1S/C17H21ClN4O3/c1-21(2)10-13(8-12-6-4-3-5-7-12)20-16-17(25)22(11-15(23)24)14(18)9-19-16/h3-7,9,13H,8,10-11H2,1-2H3,(H,19,20)(H,23,24)/t13-/m0/s1. The van der Waals surface area contributed by atoms with Crippen molar-refractivity contribution in [1.29, 1.82) is 0 Å². The Balaban J connectivity index is 2.26. The van der Waals surface area contributed by atoms with Gasteiger partial charge in [0.25, 0.3) is 5.56 Å². The zero-order valence-corrected chi connectivity index (χ0v) is 14.9. The number of carboxylic acid groups (broad SMARTS) is 1. The number of nitrogens with zero attached hydrogens (tertiary/aromatic N) is 3. The van der Waals surface area contributed by atoms with Gasteiger partial charge in [-0.15, -0.1) is 0 Å². The molecule has 1 heterocycles. The van der Waals surface area contributed by atoms with E-state index in [0.717, 1.165) is 10.1 Å². The molecule has 1 aromatic carbocycles. The van der Waals surface area contributed by atoms with Crippen LogP contribution in [0.2, 0.25) is 5.15 Å². The number of rotatable bonds is 8. The van der Waals surface area contributed by atoms with E-state index >= 15 is 0 Å². The van der Waals surface area contributed by atoms with Crippen LogP contribution < -0.4 is 10.9 Å². The van der Waals surface area contributed by atoms with E-state index in [4.69, 9.17) is 16.7 Å². The van der Waals surface area contributed by atoms with E-state index < -0.39 is 18.1 Å². The van der Waals surface area contributed by atoms with Gasteiger partial charge in [0.2, 0.25) is 0 Å². The summed E-state index contributed by atoms with van der Waals surface area (Å²) in [7, 11) is 3.88. The molecule has 0 fully saturated rings. The maximum atomic E-state index is 12.5. The van der Waals surface area contributed by atoms with Crippen molar-refractivity contribution in [3.8, 4) is 0 Å². The van der Waals surface area contributed by atoms with Crippen LogP contribution >= 0.6 is 11.6 Å². The van der Waals surface area contributed by atoms with Crippen molar-refractivity contribution in [2.24, 2.45) is 0 Å². The molecule has 0 spiro atoms. The minimum atomic E-state index is -1.14. The molecule has 0 radical (unpaired) electrons. The summed E-state index contributed by atoms with van der Waals surface area (Å²) < 4.78 is 0.981. The van der Waals surface area contributed by atoms with Gasteiger partial charge in [-0.1, -0.05) is 41.9 Å². The summed E-state index contributed by atoms with van der Waals surface area (Å²) in [6.45, 7) is 0.170. The predicted molar refractivity (Wildman–Crippen MR) is 97.3 cm³/mol. The fourth-order valence-electron chi connectivity index (χ4n) is 2.54. The van der Waals surface area contributed by atoms with E-state index in [0.29, 0.717) is 13.0 Å². The molecule has 134 valence electrons.